The molecule has 4 amide bonds. The summed E-state index contributed by atoms with van der Waals surface area (Å²) in [5.74, 6) is -1.10. The number of carbonyl (C=O) groups excluding carboxylic acids is 4. The second kappa shape index (κ2) is 10.9. The van der Waals surface area contributed by atoms with Crippen LogP contribution in [0.15, 0.2) is 34.5 Å². The minimum Gasteiger partial charge on any atom is -0.459 e. The number of rotatable bonds is 8. The maximum Gasteiger partial charge on any atom is 0.332 e. The van der Waals surface area contributed by atoms with Crippen LogP contribution in [0.5, 0.6) is 0 Å². The molecule has 0 fully saturated rings. The molecule has 6 N–H and O–H groups in total. The number of ether oxygens (including phenoxy) is 2. The van der Waals surface area contributed by atoms with Crippen molar-refractivity contribution in [2.45, 2.75) is 13.8 Å². The quantitative estimate of drug-likeness (QED) is 0.263. The smallest absolute Gasteiger partial charge is 0.332 e. The highest BCUT2D eigenvalue weighted by Gasteiger charge is 2.12. The van der Waals surface area contributed by atoms with Gasteiger partial charge in [0.2, 0.25) is 0 Å². The molecule has 0 aliphatic heterocycles. The summed E-state index contributed by atoms with van der Waals surface area (Å²) < 4.78 is 9.83. The monoisotopic (exact) mass is 392 g/mol. The molecule has 0 atom stereocenters. The molecule has 0 bridgehead atoms. The number of primary amides is 2. The first-order chi connectivity index (χ1) is 13.2. The molecule has 0 saturated heterocycles. The predicted molar refractivity (Wildman–Crippen MR) is 98.2 cm³/mol. The van der Waals surface area contributed by atoms with E-state index in [1.807, 2.05) is 0 Å². The van der Waals surface area contributed by atoms with E-state index in [1.54, 1.807) is 24.3 Å². The summed E-state index contributed by atoms with van der Waals surface area (Å²) in [6.45, 7) is 1.95. The number of esters is 2. The van der Waals surface area contributed by atoms with E-state index in [2.05, 4.69) is 21.1 Å². The van der Waals surface area contributed by atoms with Crippen molar-refractivity contribution in [3.63, 3.8) is 0 Å². The first kappa shape index (κ1) is 22.1. The van der Waals surface area contributed by atoms with Crippen molar-refractivity contribution in [1.82, 2.24) is 10.9 Å². The van der Waals surface area contributed by atoms with Gasteiger partial charge < -0.3 is 20.9 Å². The first-order valence-electron chi connectivity index (χ1n) is 7.80. The summed E-state index contributed by atoms with van der Waals surface area (Å²) >= 11 is 0. The molecule has 12 heteroatoms. The van der Waals surface area contributed by atoms with E-state index in [0.29, 0.717) is 11.1 Å². The van der Waals surface area contributed by atoms with Crippen LogP contribution in [0.25, 0.3) is 0 Å². The van der Waals surface area contributed by atoms with E-state index in [-0.39, 0.29) is 24.6 Å². The standard InChI is InChI=1S/C16H20N6O6/c1-9(23)27-7-13(19-21-15(17)25)11-4-3-5-12(6-11)14(8-28-10(2)24)20-22-16(18)26/h3-6H,7-8H2,1-2H3,(H3,17,21,25)(H3,18,22,26)/b19-13+,20-14+. The van der Waals surface area contributed by atoms with Crippen LogP contribution in [0.3, 0.4) is 0 Å². The average molecular weight is 392 g/mol. The Hall–Kier alpha value is -3.96. The van der Waals surface area contributed by atoms with Crippen LogP contribution in [-0.2, 0) is 19.1 Å². The summed E-state index contributed by atoms with van der Waals surface area (Å²) in [6, 6.07) is 4.62. The van der Waals surface area contributed by atoms with Gasteiger partial charge in [0, 0.05) is 25.0 Å². The lowest BCUT2D eigenvalue weighted by molar-refractivity contribution is -0.140. The van der Waals surface area contributed by atoms with Gasteiger partial charge in [-0.05, 0) is 6.07 Å². The van der Waals surface area contributed by atoms with Crippen molar-refractivity contribution in [2.75, 3.05) is 13.2 Å². The number of benzene rings is 1. The maximum absolute atomic E-state index is 11.1. The highest BCUT2D eigenvalue weighted by atomic mass is 16.5. The Labute approximate surface area is 159 Å². The number of nitrogens with two attached hydrogens (primary N) is 2. The molecule has 28 heavy (non-hydrogen) atoms. The van der Waals surface area contributed by atoms with Crippen LogP contribution in [0.4, 0.5) is 9.59 Å². The van der Waals surface area contributed by atoms with E-state index in [0.717, 1.165) is 0 Å². The zero-order valence-electron chi connectivity index (χ0n) is 15.2. The number of amides is 4. The van der Waals surface area contributed by atoms with Gasteiger partial charge in [0.1, 0.15) is 24.6 Å². The van der Waals surface area contributed by atoms with Crippen molar-refractivity contribution in [3.8, 4) is 0 Å². The SMILES string of the molecule is CC(=O)OC/C(=N\NC(N)=O)c1cccc(/C(COC(C)=O)=N/NC(N)=O)c1. The number of nitrogens with one attached hydrogen (secondary N) is 2. The van der Waals surface area contributed by atoms with Gasteiger partial charge >= 0.3 is 24.0 Å². The number of hydrogen-bond acceptors (Lipinski definition) is 8. The molecule has 0 spiro atoms. The van der Waals surface area contributed by atoms with E-state index in [9.17, 15) is 19.2 Å². The number of hydrogen-bond donors (Lipinski definition) is 4. The highest BCUT2D eigenvalue weighted by molar-refractivity contribution is 6.07. The highest BCUT2D eigenvalue weighted by Crippen LogP contribution is 2.10. The summed E-state index contributed by atoms with van der Waals surface area (Å²) in [4.78, 5) is 44.0. The molecule has 1 rings (SSSR count). The Kier molecular flexibility index (Phi) is 8.60. The zero-order chi connectivity index (χ0) is 21.1. The Morgan fingerprint density at radius 2 is 1.25 bits per heavy atom. The number of carbonyl (C=O) groups is 4. The van der Waals surface area contributed by atoms with Gasteiger partial charge in [-0.25, -0.2) is 20.4 Å². The van der Waals surface area contributed by atoms with Gasteiger partial charge in [-0.2, -0.15) is 10.2 Å². The van der Waals surface area contributed by atoms with E-state index in [4.69, 9.17) is 20.9 Å². The second-order valence-electron chi connectivity index (χ2n) is 5.21. The zero-order valence-corrected chi connectivity index (χ0v) is 15.2. The van der Waals surface area contributed by atoms with Gasteiger partial charge in [0.15, 0.2) is 0 Å². The molecule has 0 unspecified atom stereocenters. The Bertz CT molecular complexity index is 756. The van der Waals surface area contributed by atoms with E-state index in [1.165, 1.54) is 13.8 Å². The third-order valence-corrected chi connectivity index (χ3v) is 2.96. The molecule has 12 nitrogen and oxygen atoms in total. The lowest BCUT2D eigenvalue weighted by Crippen LogP contribution is -2.28. The molecule has 0 aliphatic rings. The summed E-state index contributed by atoms with van der Waals surface area (Å²) in [7, 11) is 0. The van der Waals surface area contributed by atoms with Gasteiger partial charge in [-0.15, -0.1) is 0 Å². The van der Waals surface area contributed by atoms with Crippen LogP contribution < -0.4 is 22.3 Å². The largest absolute Gasteiger partial charge is 0.459 e. The molecule has 1 aromatic carbocycles. The third kappa shape index (κ3) is 8.42. The molecule has 150 valence electrons. The molecule has 1 aromatic rings. The molecule has 0 radical (unpaired) electrons. The van der Waals surface area contributed by atoms with E-state index < -0.39 is 24.0 Å². The fourth-order valence-electron chi connectivity index (χ4n) is 1.82. The van der Waals surface area contributed by atoms with Crippen molar-refractivity contribution in [1.29, 1.82) is 0 Å². The molecular weight excluding hydrogens is 372 g/mol. The van der Waals surface area contributed by atoms with Crippen LogP contribution in [0.1, 0.15) is 25.0 Å². The first-order valence-corrected chi connectivity index (χ1v) is 7.80. The Morgan fingerprint density at radius 1 is 0.857 bits per heavy atom. The lowest BCUT2D eigenvalue weighted by atomic mass is 10.0. The summed E-state index contributed by atoms with van der Waals surface area (Å²) in [5, 5.41) is 7.63. The van der Waals surface area contributed by atoms with Crippen LogP contribution in [-0.4, -0.2) is 48.6 Å². The van der Waals surface area contributed by atoms with Crippen molar-refractivity contribution < 1.29 is 28.7 Å². The normalized spacial score (nSPS) is 11.4. The lowest BCUT2D eigenvalue weighted by Gasteiger charge is -2.11. The third-order valence-electron chi connectivity index (χ3n) is 2.96. The van der Waals surface area contributed by atoms with E-state index >= 15 is 0 Å². The van der Waals surface area contributed by atoms with Crippen LogP contribution in [0.2, 0.25) is 0 Å². The number of urea groups is 2. The predicted octanol–water partition coefficient (Wildman–Crippen LogP) is -0.442. The summed E-state index contributed by atoms with van der Waals surface area (Å²) in [6.07, 6.45) is 0. The molecular formula is C16H20N6O6. The number of hydrazone groups is 2. The minimum atomic E-state index is -0.903. The molecule has 0 saturated carbocycles. The van der Waals surface area contributed by atoms with Crippen molar-refractivity contribution in [3.05, 3.63) is 35.4 Å². The van der Waals surface area contributed by atoms with Gasteiger partial charge in [0.25, 0.3) is 0 Å². The van der Waals surface area contributed by atoms with Gasteiger partial charge in [-0.3, -0.25) is 9.59 Å². The second-order valence-corrected chi connectivity index (χ2v) is 5.21. The van der Waals surface area contributed by atoms with Crippen LogP contribution in [0, 0.1) is 0 Å². The minimum absolute atomic E-state index is 0.186. The van der Waals surface area contributed by atoms with Gasteiger partial charge in [-0.1, -0.05) is 18.2 Å². The van der Waals surface area contributed by atoms with Crippen LogP contribution >= 0.6 is 0 Å². The average Bonchev–Trinajstić information content (AvgIpc) is 2.61. The van der Waals surface area contributed by atoms with Crippen molar-refractivity contribution in [2.24, 2.45) is 21.7 Å². The Balaban J connectivity index is 3.24. The topological polar surface area (TPSA) is 188 Å². The van der Waals surface area contributed by atoms with Gasteiger partial charge in [0.05, 0.1) is 0 Å². The maximum atomic E-state index is 11.1. The fraction of sp³-hybridized carbons (Fsp3) is 0.250. The van der Waals surface area contributed by atoms with Crippen molar-refractivity contribution >= 4 is 35.4 Å². The summed E-state index contributed by atoms with van der Waals surface area (Å²) in [5.41, 5.74) is 15.4. The Morgan fingerprint density at radius 3 is 1.57 bits per heavy atom. The molecule has 0 aliphatic carbocycles. The molecule has 0 aromatic heterocycles. The fourth-order valence-corrected chi connectivity index (χ4v) is 1.82. The molecule has 0 heterocycles. The number of nitrogens with zero attached hydrogens (tertiary/aromatic N) is 2.